The topological polar surface area (TPSA) is 98.8 Å². The monoisotopic (exact) mass is 405 g/mol. The minimum Gasteiger partial charge on any atom is -0.497 e. The molecule has 150 valence electrons. The number of esters is 1. The molecule has 2 aromatic carbocycles. The number of carbonyl (C=O) groups is 2. The number of ether oxygens (including phenoxy) is 2. The van der Waals surface area contributed by atoms with Crippen molar-refractivity contribution in [3.63, 3.8) is 0 Å². The first-order valence-corrected chi connectivity index (χ1v) is 10.4. The Labute approximate surface area is 164 Å². The van der Waals surface area contributed by atoms with Gasteiger partial charge in [-0.3, -0.25) is 9.52 Å². The average molecular weight is 405 g/mol. The number of nitrogens with one attached hydrogen (secondary N) is 1. The Morgan fingerprint density at radius 3 is 2.36 bits per heavy atom. The fourth-order valence-electron chi connectivity index (χ4n) is 2.48. The Hall–Kier alpha value is -2.87. The van der Waals surface area contributed by atoms with Crippen LogP contribution >= 0.6 is 0 Å². The van der Waals surface area contributed by atoms with Gasteiger partial charge in [-0.2, -0.15) is 0 Å². The number of benzene rings is 2. The molecule has 0 saturated carbocycles. The van der Waals surface area contributed by atoms with Gasteiger partial charge in [0.25, 0.3) is 0 Å². The molecule has 0 fully saturated rings. The number of ketones is 1. The highest BCUT2D eigenvalue weighted by Crippen LogP contribution is 2.17. The minimum atomic E-state index is -3.47. The maximum absolute atomic E-state index is 12.4. The fourth-order valence-corrected chi connectivity index (χ4v) is 3.61. The molecular formula is C20H23NO6S. The molecule has 0 aromatic heterocycles. The summed E-state index contributed by atoms with van der Waals surface area (Å²) in [4.78, 5) is 24.8. The van der Waals surface area contributed by atoms with Crippen LogP contribution in [0.1, 0.15) is 41.0 Å². The van der Waals surface area contributed by atoms with Crippen molar-refractivity contribution >= 4 is 27.5 Å². The van der Waals surface area contributed by atoms with E-state index in [1.165, 1.54) is 38.3 Å². The third-order valence-electron chi connectivity index (χ3n) is 3.87. The van der Waals surface area contributed by atoms with Crippen molar-refractivity contribution in [3.05, 3.63) is 59.7 Å². The molecule has 0 aliphatic carbocycles. The number of anilines is 1. The maximum atomic E-state index is 12.4. The Morgan fingerprint density at radius 1 is 1.07 bits per heavy atom. The van der Waals surface area contributed by atoms with Crippen LogP contribution in [0.4, 0.5) is 5.69 Å². The third kappa shape index (κ3) is 5.82. The second-order valence-electron chi connectivity index (χ2n) is 6.14. The van der Waals surface area contributed by atoms with Gasteiger partial charge in [0.05, 0.1) is 18.4 Å². The van der Waals surface area contributed by atoms with Gasteiger partial charge in [-0.05, 0) is 55.8 Å². The summed E-state index contributed by atoms with van der Waals surface area (Å²) < 4.78 is 36.4. The molecule has 0 radical (unpaired) electrons. The van der Waals surface area contributed by atoms with Gasteiger partial charge in [-0.25, -0.2) is 13.2 Å². The summed E-state index contributed by atoms with van der Waals surface area (Å²) in [6.07, 6.45) is -0.525. The molecule has 2 rings (SSSR count). The molecule has 0 saturated heterocycles. The van der Waals surface area contributed by atoms with E-state index in [1.807, 2.05) is 0 Å². The molecule has 1 unspecified atom stereocenters. The van der Waals surface area contributed by atoms with Crippen LogP contribution in [-0.2, 0) is 14.8 Å². The first-order chi connectivity index (χ1) is 13.3. The van der Waals surface area contributed by atoms with Crippen molar-refractivity contribution in [3.8, 4) is 5.75 Å². The van der Waals surface area contributed by atoms with E-state index in [4.69, 9.17) is 9.47 Å². The molecule has 0 bridgehead atoms. The number of sulfonamides is 1. The van der Waals surface area contributed by atoms with Crippen molar-refractivity contribution in [1.29, 1.82) is 0 Å². The molecule has 8 heteroatoms. The molecule has 0 aliphatic rings. The van der Waals surface area contributed by atoms with Crippen LogP contribution in [0.3, 0.4) is 0 Å². The van der Waals surface area contributed by atoms with Gasteiger partial charge in [-0.15, -0.1) is 0 Å². The molecule has 0 aliphatic heterocycles. The zero-order valence-corrected chi connectivity index (χ0v) is 16.8. The van der Waals surface area contributed by atoms with Crippen LogP contribution in [0.25, 0.3) is 0 Å². The van der Waals surface area contributed by atoms with Crippen LogP contribution in [0, 0.1) is 0 Å². The summed E-state index contributed by atoms with van der Waals surface area (Å²) in [6.45, 7) is 3.24. The molecule has 1 N–H and O–H groups in total. The number of carbonyl (C=O) groups excluding carboxylic acids is 2. The number of methoxy groups -OCH3 is 1. The molecule has 0 spiro atoms. The summed E-state index contributed by atoms with van der Waals surface area (Å²) in [6, 6.07) is 12.4. The first kappa shape index (κ1) is 21.4. The van der Waals surface area contributed by atoms with Gasteiger partial charge in [0.1, 0.15) is 5.75 Å². The number of Topliss-reactive ketones (excluding diaryl/α,β-unsaturated/α-hetero) is 1. The smallest absolute Gasteiger partial charge is 0.338 e. The Kier molecular flexibility index (Phi) is 7.17. The highest BCUT2D eigenvalue weighted by Gasteiger charge is 2.21. The van der Waals surface area contributed by atoms with E-state index in [0.717, 1.165) is 0 Å². The third-order valence-corrected chi connectivity index (χ3v) is 5.36. The van der Waals surface area contributed by atoms with Crippen molar-refractivity contribution < 1.29 is 27.5 Å². The quantitative estimate of drug-likeness (QED) is 0.508. The summed E-state index contributed by atoms with van der Waals surface area (Å²) in [5.41, 5.74) is 0.797. The van der Waals surface area contributed by atoms with E-state index in [9.17, 15) is 18.0 Å². The Balaban J connectivity index is 2.07. The number of hydrogen-bond acceptors (Lipinski definition) is 6. The van der Waals surface area contributed by atoms with Crippen molar-refractivity contribution in [2.75, 3.05) is 17.6 Å². The van der Waals surface area contributed by atoms with Crippen LogP contribution in [0.15, 0.2) is 48.5 Å². The van der Waals surface area contributed by atoms with Gasteiger partial charge in [-0.1, -0.05) is 13.0 Å². The van der Waals surface area contributed by atoms with Crippen molar-refractivity contribution in [1.82, 2.24) is 0 Å². The minimum absolute atomic E-state index is 0.0188. The Morgan fingerprint density at radius 2 is 1.75 bits per heavy atom. The van der Waals surface area contributed by atoms with Gasteiger partial charge >= 0.3 is 5.97 Å². The van der Waals surface area contributed by atoms with E-state index < -0.39 is 22.1 Å². The summed E-state index contributed by atoms with van der Waals surface area (Å²) in [5, 5.41) is 0. The van der Waals surface area contributed by atoms with E-state index in [1.54, 1.807) is 31.2 Å². The van der Waals surface area contributed by atoms with E-state index in [2.05, 4.69) is 4.72 Å². The van der Waals surface area contributed by atoms with Crippen LogP contribution in [0.2, 0.25) is 0 Å². The molecule has 28 heavy (non-hydrogen) atoms. The standard InChI is InChI=1S/C20H23NO6S/c1-4-12-28(24,25)21-17-7-5-6-16(13-17)20(23)27-14(2)19(22)15-8-10-18(26-3)11-9-15/h5-11,13-14,21H,4,12H2,1-3H3. The predicted octanol–water partition coefficient (Wildman–Crippen LogP) is 3.28. The van der Waals surface area contributed by atoms with Crippen LogP contribution < -0.4 is 9.46 Å². The zero-order valence-electron chi connectivity index (χ0n) is 16.0. The molecule has 2 aromatic rings. The number of rotatable bonds is 9. The summed E-state index contributed by atoms with van der Waals surface area (Å²) in [7, 11) is -1.95. The van der Waals surface area contributed by atoms with Crippen molar-refractivity contribution in [2.45, 2.75) is 26.4 Å². The van der Waals surface area contributed by atoms with Gasteiger partial charge in [0, 0.05) is 11.3 Å². The molecule has 7 nitrogen and oxygen atoms in total. The van der Waals surface area contributed by atoms with Crippen molar-refractivity contribution in [2.24, 2.45) is 0 Å². The van der Waals surface area contributed by atoms with Gasteiger partial charge in [0.15, 0.2) is 6.10 Å². The fraction of sp³-hybridized carbons (Fsp3) is 0.300. The van der Waals surface area contributed by atoms with E-state index in [0.29, 0.717) is 17.7 Å². The van der Waals surface area contributed by atoms with Gasteiger partial charge < -0.3 is 9.47 Å². The lowest BCUT2D eigenvalue weighted by molar-refractivity contribution is 0.0319. The maximum Gasteiger partial charge on any atom is 0.338 e. The van der Waals surface area contributed by atoms with E-state index >= 15 is 0 Å². The molecule has 0 heterocycles. The lowest BCUT2D eigenvalue weighted by atomic mass is 10.1. The number of hydrogen-bond donors (Lipinski definition) is 1. The highest BCUT2D eigenvalue weighted by atomic mass is 32.2. The molecule has 0 amide bonds. The zero-order chi connectivity index (χ0) is 20.7. The first-order valence-electron chi connectivity index (χ1n) is 8.75. The molecule has 1 atom stereocenters. The summed E-state index contributed by atoms with van der Waals surface area (Å²) in [5.74, 6) is -0.472. The lowest BCUT2D eigenvalue weighted by Crippen LogP contribution is -2.24. The van der Waals surface area contributed by atoms with Crippen LogP contribution in [0.5, 0.6) is 5.75 Å². The second kappa shape index (κ2) is 9.36. The summed E-state index contributed by atoms with van der Waals surface area (Å²) >= 11 is 0. The second-order valence-corrected chi connectivity index (χ2v) is 7.98. The predicted molar refractivity (Wildman–Crippen MR) is 106 cm³/mol. The average Bonchev–Trinajstić information content (AvgIpc) is 2.67. The lowest BCUT2D eigenvalue weighted by Gasteiger charge is -2.13. The highest BCUT2D eigenvalue weighted by molar-refractivity contribution is 7.92. The largest absolute Gasteiger partial charge is 0.497 e. The van der Waals surface area contributed by atoms with Crippen LogP contribution in [-0.4, -0.2) is 39.1 Å². The normalized spacial score (nSPS) is 12.1. The molecular weight excluding hydrogens is 382 g/mol. The van der Waals surface area contributed by atoms with E-state index in [-0.39, 0.29) is 22.8 Å². The SMILES string of the molecule is CCCS(=O)(=O)Nc1cccc(C(=O)OC(C)C(=O)c2ccc(OC)cc2)c1. The Bertz CT molecular complexity index is 937. The van der Waals surface area contributed by atoms with Gasteiger partial charge in [0.2, 0.25) is 15.8 Å².